The van der Waals surface area contributed by atoms with Crippen LogP contribution in [0.1, 0.15) is 25.3 Å². The maximum Gasteiger partial charge on any atom is 0.427 e. The average molecular weight is 410 g/mol. The molecule has 0 aliphatic rings. The van der Waals surface area contributed by atoms with E-state index in [1.165, 1.54) is 6.07 Å². The Morgan fingerprint density at radius 3 is 1.69 bits per heavy atom. The lowest BCUT2D eigenvalue weighted by atomic mass is 10.0. The highest BCUT2D eigenvalue weighted by Crippen LogP contribution is 2.35. The molecule has 0 saturated heterocycles. The van der Waals surface area contributed by atoms with E-state index in [1.807, 2.05) is 13.8 Å². The first kappa shape index (κ1) is 20.4. The SMILES string of the molecule is CC(C)c1ccccc1N(C(=O)O)S(=O)(=O)N(c1ccccc1)c1ccccc1. The molecule has 3 aromatic rings. The van der Waals surface area contributed by atoms with Gasteiger partial charge in [0.2, 0.25) is 0 Å². The van der Waals surface area contributed by atoms with E-state index < -0.39 is 16.3 Å². The van der Waals surface area contributed by atoms with Crippen LogP contribution in [0.5, 0.6) is 0 Å². The van der Waals surface area contributed by atoms with Crippen LogP contribution in [0.15, 0.2) is 84.9 Å². The minimum absolute atomic E-state index is 0.0647. The molecule has 29 heavy (non-hydrogen) atoms. The van der Waals surface area contributed by atoms with Gasteiger partial charge in [0, 0.05) is 0 Å². The lowest BCUT2D eigenvalue weighted by molar-refractivity contribution is 0.206. The summed E-state index contributed by atoms with van der Waals surface area (Å²) in [5, 5.41) is 9.93. The molecule has 0 bridgehead atoms. The molecular weight excluding hydrogens is 388 g/mol. The van der Waals surface area contributed by atoms with Gasteiger partial charge in [-0.15, -0.1) is 0 Å². The second-order valence-corrected chi connectivity index (χ2v) is 8.33. The maximum absolute atomic E-state index is 13.7. The molecule has 6 nitrogen and oxygen atoms in total. The molecule has 3 aromatic carbocycles. The number of carboxylic acid groups (broad SMARTS) is 1. The van der Waals surface area contributed by atoms with Crippen LogP contribution < -0.4 is 8.61 Å². The Hall–Kier alpha value is -3.32. The quantitative estimate of drug-likeness (QED) is 0.592. The van der Waals surface area contributed by atoms with E-state index in [4.69, 9.17) is 0 Å². The fourth-order valence-electron chi connectivity index (χ4n) is 3.11. The van der Waals surface area contributed by atoms with E-state index in [0.717, 1.165) is 4.31 Å². The Labute approximate surface area is 170 Å². The van der Waals surface area contributed by atoms with Gasteiger partial charge in [-0.05, 0) is 41.8 Å². The fourth-order valence-corrected chi connectivity index (χ4v) is 4.66. The number of rotatable bonds is 6. The third-order valence-electron chi connectivity index (χ3n) is 4.39. The topological polar surface area (TPSA) is 77.9 Å². The maximum atomic E-state index is 13.7. The summed E-state index contributed by atoms with van der Waals surface area (Å²) in [6.45, 7) is 3.77. The molecule has 0 aliphatic carbocycles. The lowest BCUT2D eigenvalue weighted by Gasteiger charge is -2.31. The van der Waals surface area contributed by atoms with Crippen molar-refractivity contribution in [3.05, 3.63) is 90.5 Å². The van der Waals surface area contributed by atoms with Crippen molar-refractivity contribution in [2.75, 3.05) is 8.61 Å². The molecule has 0 saturated carbocycles. The molecule has 0 heterocycles. The largest absolute Gasteiger partial charge is 0.464 e. The molecule has 7 heteroatoms. The fraction of sp³-hybridized carbons (Fsp3) is 0.136. The van der Waals surface area contributed by atoms with Gasteiger partial charge in [-0.25, -0.2) is 9.10 Å². The summed E-state index contributed by atoms with van der Waals surface area (Å²) in [6, 6.07) is 23.5. The number of hydrogen-bond acceptors (Lipinski definition) is 3. The highest BCUT2D eigenvalue weighted by Gasteiger charge is 2.37. The first-order valence-electron chi connectivity index (χ1n) is 9.11. The minimum atomic E-state index is -4.51. The van der Waals surface area contributed by atoms with Crippen LogP contribution in [0.25, 0.3) is 0 Å². The van der Waals surface area contributed by atoms with Gasteiger partial charge in [0.1, 0.15) is 0 Å². The number of nitrogens with zero attached hydrogens (tertiary/aromatic N) is 2. The Balaban J connectivity index is 2.25. The highest BCUT2D eigenvalue weighted by atomic mass is 32.2. The molecule has 1 amide bonds. The Kier molecular flexibility index (Phi) is 5.89. The zero-order valence-corrected chi connectivity index (χ0v) is 17.0. The van der Waals surface area contributed by atoms with Crippen molar-refractivity contribution in [3.63, 3.8) is 0 Å². The Morgan fingerprint density at radius 1 is 0.793 bits per heavy atom. The molecule has 0 fully saturated rings. The summed E-state index contributed by atoms with van der Waals surface area (Å²) >= 11 is 0. The average Bonchev–Trinajstić information content (AvgIpc) is 2.69. The zero-order valence-electron chi connectivity index (χ0n) is 16.1. The summed E-state index contributed by atoms with van der Waals surface area (Å²) in [4.78, 5) is 12.2. The molecule has 0 radical (unpaired) electrons. The van der Waals surface area contributed by atoms with Crippen molar-refractivity contribution in [3.8, 4) is 0 Å². The molecule has 0 atom stereocenters. The van der Waals surface area contributed by atoms with Crippen LogP contribution in [0, 0.1) is 0 Å². The van der Waals surface area contributed by atoms with Gasteiger partial charge in [0.05, 0.1) is 17.1 Å². The predicted molar refractivity (Wildman–Crippen MR) is 115 cm³/mol. The van der Waals surface area contributed by atoms with Gasteiger partial charge in [-0.3, -0.25) is 0 Å². The smallest absolute Gasteiger partial charge is 0.427 e. The Bertz CT molecular complexity index is 1040. The van der Waals surface area contributed by atoms with Crippen LogP contribution in [0.4, 0.5) is 21.9 Å². The summed E-state index contributed by atoms with van der Waals surface area (Å²) in [7, 11) is -4.51. The van der Waals surface area contributed by atoms with E-state index >= 15 is 0 Å². The van der Waals surface area contributed by atoms with Crippen LogP contribution in [-0.4, -0.2) is 19.6 Å². The van der Waals surface area contributed by atoms with Crippen LogP contribution in [0.2, 0.25) is 0 Å². The monoisotopic (exact) mass is 410 g/mol. The number of hydrogen-bond donors (Lipinski definition) is 1. The second kappa shape index (κ2) is 8.36. The van der Waals surface area contributed by atoms with E-state index in [9.17, 15) is 18.3 Å². The van der Waals surface area contributed by atoms with Gasteiger partial charge in [-0.1, -0.05) is 68.4 Å². The third kappa shape index (κ3) is 4.09. The second-order valence-electron chi connectivity index (χ2n) is 6.70. The van der Waals surface area contributed by atoms with Crippen LogP contribution >= 0.6 is 0 Å². The normalized spacial score (nSPS) is 11.3. The van der Waals surface area contributed by atoms with E-state index in [2.05, 4.69) is 0 Å². The minimum Gasteiger partial charge on any atom is -0.464 e. The van der Waals surface area contributed by atoms with Crippen LogP contribution in [-0.2, 0) is 10.2 Å². The van der Waals surface area contributed by atoms with Crippen molar-refractivity contribution >= 4 is 33.4 Å². The molecule has 1 N–H and O–H groups in total. The Morgan fingerprint density at radius 2 is 1.24 bits per heavy atom. The van der Waals surface area contributed by atoms with Gasteiger partial charge < -0.3 is 5.11 Å². The zero-order chi connectivity index (χ0) is 21.0. The van der Waals surface area contributed by atoms with Crippen molar-refractivity contribution in [1.82, 2.24) is 0 Å². The van der Waals surface area contributed by atoms with E-state index in [1.54, 1.807) is 78.9 Å². The van der Waals surface area contributed by atoms with Crippen LogP contribution in [0.3, 0.4) is 0 Å². The molecule has 0 spiro atoms. The molecule has 3 rings (SSSR count). The highest BCUT2D eigenvalue weighted by molar-refractivity contribution is 7.95. The first-order valence-corrected chi connectivity index (χ1v) is 10.5. The van der Waals surface area contributed by atoms with Crippen molar-refractivity contribution in [1.29, 1.82) is 0 Å². The van der Waals surface area contributed by atoms with E-state index in [-0.39, 0.29) is 11.6 Å². The number of anilines is 3. The first-order chi connectivity index (χ1) is 13.8. The lowest BCUT2D eigenvalue weighted by Crippen LogP contribution is -2.45. The van der Waals surface area contributed by atoms with Gasteiger partial charge in [-0.2, -0.15) is 12.7 Å². The number of amides is 1. The number of benzene rings is 3. The molecule has 0 aliphatic heterocycles. The molecule has 150 valence electrons. The summed E-state index contributed by atoms with van der Waals surface area (Å²) < 4.78 is 28.9. The predicted octanol–water partition coefficient (Wildman–Crippen LogP) is 5.38. The summed E-state index contributed by atoms with van der Waals surface area (Å²) in [6.07, 6.45) is -1.57. The third-order valence-corrected chi connectivity index (χ3v) is 6.09. The summed E-state index contributed by atoms with van der Waals surface area (Å²) in [5.41, 5.74) is 1.42. The molecule has 0 aromatic heterocycles. The van der Waals surface area contributed by atoms with E-state index in [0.29, 0.717) is 21.2 Å². The van der Waals surface area contributed by atoms with Crippen molar-refractivity contribution < 1.29 is 18.3 Å². The summed E-state index contributed by atoms with van der Waals surface area (Å²) in [5.74, 6) is -0.0647. The standard InChI is InChI=1S/C22H22N2O4S/c1-17(2)20-15-9-10-16-21(20)24(22(25)26)29(27,28)23(18-11-5-3-6-12-18)19-13-7-4-8-14-19/h3-17H,1-2H3,(H,25,26). The van der Waals surface area contributed by atoms with Gasteiger partial charge >= 0.3 is 16.3 Å². The van der Waals surface area contributed by atoms with Gasteiger partial charge in [0.15, 0.2) is 0 Å². The van der Waals surface area contributed by atoms with Gasteiger partial charge in [0.25, 0.3) is 0 Å². The number of carbonyl (C=O) groups is 1. The molecule has 0 unspecified atom stereocenters. The molecular formula is C22H22N2O4S. The van der Waals surface area contributed by atoms with Crippen molar-refractivity contribution in [2.24, 2.45) is 0 Å². The number of para-hydroxylation sites is 3. The van der Waals surface area contributed by atoms with Crippen molar-refractivity contribution in [2.45, 2.75) is 19.8 Å².